The minimum Gasteiger partial charge on any atom is -0.357 e. The van der Waals surface area contributed by atoms with Gasteiger partial charge in [0.15, 0.2) is 5.96 Å². The molecule has 9 heteroatoms. The van der Waals surface area contributed by atoms with Gasteiger partial charge in [-0.3, -0.25) is 4.99 Å². The Morgan fingerprint density at radius 2 is 2.04 bits per heavy atom. The first-order valence-electron chi connectivity index (χ1n) is 10.5. The molecule has 0 bridgehead atoms. The molecular weight excluding hydrogens is 376 g/mol. The van der Waals surface area contributed by atoms with Gasteiger partial charge in [0, 0.05) is 51.2 Å². The highest BCUT2D eigenvalue weighted by atomic mass is 32.2. The number of rotatable bonds is 10. The van der Waals surface area contributed by atoms with Crippen molar-refractivity contribution < 1.29 is 8.42 Å². The molecule has 0 saturated carbocycles. The van der Waals surface area contributed by atoms with Crippen molar-refractivity contribution in [2.45, 2.75) is 65.5 Å². The Balaban J connectivity index is 1.74. The molecule has 28 heavy (non-hydrogen) atoms. The second kappa shape index (κ2) is 11.4. The van der Waals surface area contributed by atoms with Crippen LogP contribution in [0.2, 0.25) is 0 Å². The van der Waals surface area contributed by atoms with Gasteiger partial charge in [0.2, 0.25) is 10.0 Å². The molecule has 0 radical (unpaired) electrons. The van der Waals surface area contributed by atoms with Crippen LogP contribution in [-0.4, -0.2) is 66.2 Å². The first-order chi connectivity index (χ1) is 13.5. The van der Waals surface area contributed by atoms with Gasteiger partial charge in [-0.1, -0.05) is 6.92 Å². The van der Waals surface area contributed by atoms with Crippen LogP contribution in [0, 0.1) is 6.92 Å². The predicted molar refractivity (Wildman–Crippen MR) is 114 cm³/mol. The predicted octanol–water partition coefficient (Wildman–Crippen LogP) is 1.73. The van der Waals surface area contributed by atoms with Crippen molar-refractivity contribution in [2.24, 2.45) is 4.99 Å². The number of nitrogens with zero attached hydrogens (tertiary/aromatic N) is 4. The highest BCUT2D eigenvalue weighted by Crippen LogP contribution is 2.15. The molecule has 8 nitrogen and oxygen atoms in total. The topological polar surface area (TPSA) is 91.6 Å². The van der Waals surface area contributed by atoms with Crippen LogP contribution in [-0.2, 0) is 16.6 Å². The second-order valence-electron chi connectivity index (χ2n) is 7.27. The summed E-state index contributed by atoms with van der Waals surface area (Å²) in [5, 5.41) is 6.77. The molecule has 1 fully saturated rings. The van der Waals surface area contributed by atoms with Crippen LogP contribution in [0.4, 0.5) is 0 Å². The van der Waals surface area contributed by atoms with Crippen LogP contribution in [0.1, 0.15) is 51.8 Å². The van der Waals surface area contributed by atoms with Crippen molar-refractivity contribution in [3.8, 4) is 0 Å². The Bertz CT molecular complexity index is 708. The van der Waals surface area contributed by atoms with E-state index in [2.05, 4.69) is 32.1 Å². The molecule has 0 spiro atoms. The van der Waals surface area contributed by atoms with Gasteiger partial charge in [-0.2, -0.15) is 0 Å². The van der Waals surface area contributed by atoms with Gasteiger partial charge < -0.3 is 15.2 Å². The Kier molecular flexibility index (Phi) is 9.24. The fourth-order valence-corrected chi connectivity index (χ4v) is 4.94. The summed E-state index contributed by atoms with van der Waals surface area (Å²) in [4.78, 5) is 8.92. The fourth-order valence-electron chi connectivity index (χ4n) is 3.40. The van der Waals surface area contributed by atoms with Gasteiger partial charge in [-0.05, 0) is 46.0 Å². The summed E-state index contributed by atoms with van der Waals surface area (Å²) in [5.41, 5.74) is 0. The molecule has 0 atom stereocenters. The maximum Gasteiger partial charge on any atom is 0.214 e. The van der Waals surface area contributed by atoms with Gasteiger partial charge in [0.05, 0.1) is 5.75 Å². The summed E-state index contributed by atoms with van der Waals surface area (Å²) in [5.74, 6) is 2.12. The Labute approximate surface area is 169 Å². The number of aliphatic imine (C=N–C) groups is 1. The van der Waals surface area contributed by atoms with Crippen molar-refractivity contribution in [1.29, 1.82) is 0 Å². The molecule has 0 unspecified atom stereocenters. The van der Waals surface area contributed by atoms with Crippen LogP contribution < -0.4 is 10.6 Å². The van der Waals surface area contributed by atoms with E-state index in [1.165, 1.54) is 0 Å². The van der Waals surface area contributed by atoms with Crippen molar-refractivity contribution in [1.82, 2.24) is 24.5 Å². The normalized spacial score (nSPS) is 17.0. The molecule has 2 N–H and O–H groups in total. The van der Waals surface area contributed by atoms with Gasteiger partial charge in [-0.25, -0.2) is 17.7 Å². The van der Waals surface area contributed by atoms with E-state index < -0.39 is 10.0 Å². The van der Waals surface area contributed by atoms with Crippen molar-refractivity contribution in [3.63, 3.8) is 0 Å². The Morgan fingerprint density at radius 3 is 2.64 bits per heavy atom. The van der Waals surface area contributed by atoms with Gasteiger partial charge in [0.25, 0.3) is 0 Å². The zero-order chi connectivity index (χ0) is 20.4. The SMILES string of the molecule is CCCS(=O)(=O)N1CCC(NC(=NCCCCn2ccnc2C)NCC)CC1. The summed E-state index contributed by atoms with van der Waals surface area (Å²) < 4.78 is 28.2. The molecule has 0 aromatic carbocycles. The number of nitrogens with one attached hydrogen (secondary N) is 2. The minimum absolute atomic E-state index is 0.244. The number of hydrogen-bond donors (Lipinski definition) is 2. The van der Waals surface area contributed by atoms with Gasteiger partial charge in [-0.15, -0.1) is 0 Å². The van der Waals surface area contributed by atoms with Crippen LogP contribution in [0.3, 0.4) is 0 Å². The van der Waals surface area contributed by atoms with E-state index in [4.69, 9.17) is 0 Å². The monoisotopic (exact) mass is 412 g/mol. The summed E-state index contributed by atoms with van der Waals surface area (Å²) in [6, 6.07) is 0.263. The zero-order valence-corrected chi connectivity index (χ0v) is 18.3. The molecule has 2 rings (SSSR count). The molecule has 2 heterocycles. The van der Waals surface area contributed by atoms with E-state index in [-0.39, 0.29) is 11.8 Å². The molecule has 0 aliphatic carbocycles. The van der Waals surface area contributed by atoms with E-state index >= 15 is 0 Å². The first kappa shape index (κ1) is 22.7. The largest absolute Gasteiger partial charge is 0.357 e. The average Bonchev–Trinajstić information content (AvgIpc) is 3.07. The standard InChI is InChI=1S/C19H36N6O2S/c1-4-16-28(26,27)25-13-8-18(9-14-25)23-19(20-5-2)22-10-6-7-12-24-15-11-21-17(24)3/h11,15,18H,4-10,12-14,16H2,1-3H3,(H2,20,22,23). The van der Waals surface area contributed by atoms with Crippen molar-refractivity contribution >= 4 is 16.0 Å². The fraction of sp³-hybridized carbons (Fsp3) is 0.789. The highest BCUT2D eigenvalue weighted by molar-refractivity contribution is 7.89. The summed E-state index contributed by atoms with van der Waals surface area (Å²) in [7, 11) is -3.08. The van der Waals surface area contributed by atoms with E-state index in [9.17, 15) is 8.42 Å². The summed E-state index contributed by atoms with van der Waals surface area (Å²) in [6.45, 7) is 9.70. The summed E-state index contributed by atoms with van der Waals surface area (Å²) >= 11 is 0. The molecule has 1 aromatic heterocycles. The molecule has 160 valence electrons. The first-order valence-corrected chi connectivity index (χ1v) is 12.1. The Hall–Kier alpha value is -1.61. The number of imidazole rings is 1. The lowest BCUT2D eigenvalue weighted by molar-refractivity contribution is 0.306. The number of piperidine rings is 1. The number of unbranched alkanes of at least 4 members (excludes halogenated alkanes) is 1. The maximum absolute atomic E-state index is 12.2. The number of aryl methyl sites for hydroxylation is 2. The Morgan fingerprint density at radius 1 is 1.29 bits per heavy atom. The van der Waals surface area contributed by atoms with Gasteiger partial charge in [0.1, 0.15) is 5.82 Å². The van der Waals surface area contributed by atoms with E-state index in [1.807, 2.05) is 26.2 Å². The van der Waals surface area contributed by atoms with Crippen molar-refractivity contribution in [3.05, 3.63) is 18.2 Å². The second-order valence-corrected chi connectivity index (χ2v) is 9.36. The quantitative estimate of drug-likeness (QED) is 0.347. The average molecular weight is 413 g/mol. The number of aromatic nitrogens is 2. The number of guanidine groups is 1. The third-order valence-electron chi connectivity index (χ3n) is 5.00. The molecule has 1 aromatic rings. The van der Waals surface area contributed by atoms with Gasteiger partial charge >= 0.3 is 0 Å². The number of hydrogen-bond acceptors (Lipinski definition) is 4. The van der Waals surface area contributed by atoms with E-state index in [0.29, 0.717) is 19.5 Å². The van der Waals surface area contributed by atoms with Crippen LogP contribution in [0.25, 0.3) is 0 Å². The zero-order valence-electron chi connectivity index (χ0n) is 17.5. The molecule has 1 saturated heterocycles. The lowest BCUT2D eigenvalue weighted by Gasteiger charge is -2.32. The smallest absolute Gasteiger partial charge is 0.214 e. The molecule has 1 aliphatic rings. The molecular formula is C19H36N6O2S. The lowest BCUT2D eigenvalue weighted by Crippen LogP contribution is -2.50. The highest BCUT2D eigenvalue weighted by Gasteiger charge is 2.27. The lowest BCUT2D eigenvalue weighted by atomic mass is 10.1. The molecule has 1 aliphatic heterocycles. The minimum atomic E-state index is -3.08. The third kappa shape index (κ3) is 7.09. The number of sulfonamides is 1. The maximum atomic E-state index is 12.2. The van der Waals surface area contributed by atoms with E-state index in [0.717, 1.165) is 57.1 Å². The van der Waals surface area contributed by atoms with Crippen LogP contribution in [0.15, 0.2) is 17.4 Å². The van der Waals surface area contributed by atoms with Crippen LogP contribution in [0.5, 0.6) is 0 Å². The van der Waals surface area contributed by atoms with E-state index in [1.54, 1.807) is 4.31 Å². The van der Waals surface area contributed by atoms with Crippen LogP contribution >= 0.6 is 0 Å². The summed E-state index contributed by atoms with van der Waals surface area (Å²) in [6.07, 6.45) is 8.21. The molecule has 0 amide bonds. The third-order valence-corrected chi connectivity index (χ3v) is 7.07. The van der Waals surface area contributed by atoms with Crippen molar-refractivity contribution in [2.75, 3.05) is 31.9 Å².